The van der Waals surface area contributed by atoms with Crippen molar-refractivity contribution in [2.45, 2.75) is 20.0 Å². The van der Waals surface area contributed by atoms with Crippen molar-refractivity contribution < 1.29 is 0 Å². The number of anilines is 1. The topological polar surface area (TPSA) is 34.8 Å². The van der Waals surface area contributed by atoms with Gasteiger partial charge in [-0.15, -0.1) is 0 Å². The third-order valence-corrected chi connectivity index (χ3v) is 3.33. The predicted molar refractivity (Wildman–Crippen MR) is 81.0 cm³/mol. The van der Waals surface area contributed by atoms with E-state index in [1.54, 1.807) is 0 Å². The lowest BCUT2D eigenvalue weighted by Crippen LogP contribution is -2.08. The van der Waals surface area contributed by atoms with E-state index in [2.05, 4.69) is 46.2 Å². The molecule has 0 radical (unpaired) electrons. The van der Waals surface area contributed by atoms with Gasteiger partial charge in [0.15, 0.2) is 0 Å². The Kier molecular flexibility index (Phi) is 3.54. The molecule has 4 nitrogen and oxygen atoms in total. The number of rotatable bonds is 5. The summed E-state index contributed by atoms with van der Waals surface area (Å²) in [5.74, 6) is 0. The lowest BCUT2D eigenvalue weighted by Gasteiger charge is -2.10. The maximum Gasteiger partial charge on any atom is 0.0575 e. The van der Waals surface area contributed by atoms with Crippen molar-refractivity contribution in [3.05, 3.63) is 66.7 Å². The fourth-order valence-corrected chi connectivity index (χ4v) is 2.27. The Morgan fingerprint density at radius 2 is 1.95 bits per heavy atom. The van der Waals surface area contributed by atoms with Crippen molar-refractivity contribution in [3.8, 4) is 5.69 Å². The highest BCUT2D eigenvalue weighted by Gasteiger charge is 2.01. The molecule has 0 unspecified atom stereocenters. The van der Waals surface area contributed by atoms with Gasteiger partial charge in [0.25, 0.3) is 0 Å². The fourth-order valence-electron chi connectivity index (χ4n) is 2.27. The second-order valence-electron chi connectivity index (χ2n) is 4.63. The second-order valence-corrected chi connectivity index (χ2v) is 4.63. The summed E-state index contributed by atoms with van der Waals surface area (Å²) in [6.45, 7) is 3.78. The maximum absolute atomic E-state index is 4.28. The molecule has 20 heavy (non-hydrogen) atoms. The highest BCUT2D eigenvalue weighted by Crippen LogP contribution is 2.15. The normalized spacial score (nSPS) is 10.7. The standard InChI is InChI=1S/C16H18N4/c1-2-20-16(8-9-18-20)13-17-14-6-5-7-15(12-14)19-10-3-4-11-19/h3-12,17H,2,13H2,1H3. The average molecular weight is 266 g/mol. The van der Waals surface area contributed by atoms with Crippen LogP contribution in [0, 0.1) is 0 Å². The van der Waals surface area contributed by atoms with E-state index in [0.29, 0.717) is 0 Å². The molecule has 0 amide bonds. The zero-order valence-electron chi connectivity index (χ0n) is 11.5. The molecule has 0 saturated heterocycles. The van der Waals surface area contributed by atoms with Gasteiger partial charge in [0.05, 0.1) is 12.2 Å². The summed E-state index contributed by atoms with van der Waals surface area (Å²) < 4.78 is 4.10. The Hall–Kier alpha value is -2.49. The Morgan fingerprint density at radius 3 is 2.75 bits per heavy atom. The summed E-state index contributed by atoms with van der Waals surface area (Å²) in [4.78, 5) is 0. The molecule has 0 atom stereocenters. The molecule has 3 rings (SSSR count). The number of hydrogen-bond acceptors (Lipinski definition) is 2. The first-order valence-electron chi connectivity index (χ1n) is 6.85. The van der Waals surface area contributed by atoms with Crippen molar-refractivity contribution in [2.75, 3.05) is 5.32 Å². The van der Waals surface area contributed by atoms with E-state index in [1.165, 1.54) is 5.69 Å². The van der Waals surface area contributed by atoms with Crippen LogP contribution in [0.5, 0.6) is 0 Å². The first-order valence-corrected chi connectivity index (χ1v) is 6.85. The van der Waals surface area contributed by atoms with Crippen LogP contribution < -0.4 is 5.32 Å². The third kappa shape index (κ3) is 2.59. The van der Waals surface area contributed by atoms with E-state index in [0.717, 1.165) is 24.5 Å². The van der Waals surface area contributed by atoms with Gasteiger partial charge in [-0.2, -0.15) is 5.10 Å². The second kappa shape index (κ2) is 5.65. The zero-order chi connectivity index (χ0) is 13.8. The average Bonchev–Trinajstić information content (AvgIpc) is 3.16. The SMILES string of the molecule is CCn1nccc1CNc1cccc(-n2cccc2)c1. The molecule has 4 heteroatoms. The number of nitrogens with zero attached hydrogens (tertiary/aromatic N) is 3. The van der Waals surface area contributed by atoms with Gasteiger partial charge in [0.2, 0.25) is 0 Å². The molecular formula is C16H18N4. The molecule has 3 aromatic rings. The smallest absolute Gasteiger partial charge is 0.0575 e. The molecule has 0 spiro atoms. The van der Waals surface area contributed by atoms with Crippen molar-refractivity contribution in [1.82, 2.24) is 14.3 Å². The molecule has 0 saturated carbocycles. The number of hydrogen-bond donors (Lipinski definition) is 1. The molecule has 1 N–H and O–H groups in total. The molecule has 0 aliphatic carbocycles. The Balaban J connectivity index is 1.74. The number of aryl methyl sites for hydroxylation is 1. The Labute approximate surface area is 118 Å². The summed E-state index contributed by atoms with van der Waals surface area (Å²) in [5, 5.41) is 7.73. The van der Waals surface area contributed by atoms with Crippen LogP contribution in [0.2, 0.25) is 0 Å². The number of benzene rings is 1. The van der Waals surface area contributed by atoms with E-state index < -0.39 is 0 Å². The van der Waals surface area contributed by atoms with Gasteiger partial charge in [-0.25, -0.2) is 0 Å². The number of aromatic nitrogens is 3. The van der Waals surface area contributed by atoms with Gasteiger partial charge in [-0.05, 0) is 43.3 Å². The van der Waals surface area contributed by atoms with Crippen molar-refractivity contribution in [1.29, 1.82) is 0 Å². The van der Waals surface area contributed by atoms with Crippen LogP contribution in [-0.4, -0.2) is 14.3 Å². The van der Waals surface area contributed by atoms with Gasteiger partial charge < -0.3 is 9.88 Å². The monoisotopic (exact) mass is 266 g/mol. The van der Waals surface area contributed by atoms with Crippen molar-refractivity contribution >= 4 is 5.69 Å². The van der Waals surface area contributed by atoms with E-state index in [-0.39, 0.29) is 0 Å². The summed E-state index contributed by atoms with van der Waals surface area (Å²) in [6.07, 6.45) is 5.94. The van der Waals surface area contributed by atoms with Crippen LogP contribution in [0.15, 0.2) is 61.1 Å². The van der Waals surface area contributed by atoms with Crippen LogP contribution in [0.4, 0.5) is 5.69 Å². The maximum atomic E-state index is 4.28. The van der Waals surface area contributed by atoms with E-state index >= 15 is 0 Å². The summed E-state index contributed by atoms with van der Waals surface area (Å²) in [7, 11) is 0. The summed E-state index contributed by atoms with van der Waals surface area (Å²) in [6, 6.07) is 14.5. The molecule has 0 bridgehead atoms. The summed E-state index contributed by atoms with van der Waals surface area (Å²) >= 11 is 0. The summed E-state index contributed by atoms with van der Waals surface area (Å²) in [5.41, 5.74) is 3.46. The molecule has 2 heterocycles. The molecule has 1 aromatic carbocycles. The van der Waals surface area contributed by atoms with Gasteiger partial charge in [-0.1, -0.05) is 6.07 Å². The lowest BCUT2D eigenvalue weighted by molar-refractivity contribution is 0.627. The third-order valence-electron chi connectivity index (χ3n) is 3.33. The molecule has 0 aliphatic rings. The van der Waals surface area contributed by atoms with Crippen LogP contribution in [-0.2, 0) is 13.1 Å². The van der Waals surface area contributed by atoms with Crippen LogP contribution in [0.3, 0.4) is 0 Å². The molecule has 2 aromatic heterocycles. The van der Waals surface area contributed by atoms with Crippen LogP contribution >= 0.6 is 0 Å². The van der Waals surface area contributed by atoms with Crippen molar-refractivity contribution in [3.63, 3.8) is 0 Å². The van der Waals surface area contributed by atoms with Crippen LogP contribution in [0.25, 0.3) is 5.69 Å². The van der Waals surface area contributed by atoms with E-state index in [9.17, 15) is 0 Å². The molecule has 0 fully saturated rings. The Morgan fingerprint density at radius 1 is 1.10 bits per heavy atom. The largest absolute Gasteiger partial charge is 0.379 e. The fraction of sp³-hybridized carbons (Fsp3) is 0.188. The molecular weight excluding hydrogens is 248 g/mol. The van der Waals surface area contributed by atoms with Gasteiger partial charge in [-0.3, -0.25) is 4.68 Å². The molecule has 102 valence electrons. The van der Waals surface area contributed by atoms with Gasteiger partial charge in [0.1, 0.15) is 0 Å². The first-order chi connectivity index (χ1) is 9.86. The minimum atomic E-state index is 0.781. The van der Waals surface area contributed by atoms with E-state index in [1.807, 2.05) is 41.5 Å². The molecule has 0 aliphatic heterocycles. The van der Waals surface area contributed by atoms with Crippen LogP contribution in [0.1, 0.15) is 12.6 Å². The van der Waals surface area contributed by atoms with Crippen molar-refractivity contribution in [2.24, 2.45) is 0 Å². The highest BCUT2D eigenvalue weighted by molar-refractivity contribution is 5.51. The van der Waals surface area contributed by atoms with Gasteiger partial charge >= 0.3 is 0 Å². The number of nitrogens with one attached hydrogen (secondary N) is 1. The van der Waals surface area contributed by atoms with E-state index in [4.69, 9.17) is 0 Å². The minimum Gasteiger partial charge on any atom is -0.379 e. The quantitative estimate of drug-likeness (QED) is 0.769. The lowest BCUT2D eigenvalue weighted by atomic mass is 10.2. The first kappa shape index (κ1) is 12.5. The van der Waals surface area contributed by atoms with Gasteiger partial charge in [0, 0.05) is 36.5 Å². The predicted octanol–water partition coefficient (Wildman–Crippen LogP) is 3.31. The highest BCUT2D eigenvalue weighted by atomic mass is 15.3. The zero-order valence-corrected chi connectivity index (χ0v) is 11.5. The Bertz CT molecular complexity index is 667. The minimum absolute atomic E-state index is 0.781.